The molecule has 0 N–H and O–H groups in total. The molecule has 0 aliphatic heterocycles. The fourth-order valence-electron chi connectivity index (χ4n) is 6.94. The summed E-state index contributed by atoms with van der Waals surface area (Å²) in [6.45, 7) is 8.96. The molecule has 7 rings (SSSR count). The molecule has 0 spiro atoms. The molecule has 0 radical (unpaired) electrons. The van der Waals surface area contributed by atoms with Gasteiger partial charge in [0.2, 0.25) is 0 Å². The van der Waals surface area contributed by atoms with E-state index in [4.69, 9.17) is 0 Å². The van der Waals surface area contributed by atoms with Crippen LogP contribution in [0.2, 0.25) is 0 Å². The number of hydrogen-bond acceptors (Lipinski definition) is 0. The van der Waals surface area contributed by atoms with E-state index in [0.29, 0.717) is 0 Å². The maximum absolute atomic E-state index is 2.48. The van der Waals surface area contributed by atoms with Crippen LogP contribution in [0.4, 0.5) is 0 Å². The van der Waals surface area contributed by atoms with Gasteiger partial charge in [0.25, 0.3) is 0 Å². The number of benzene rings is 5. The third-order valence-corrected chi connectivity index (χ3v) is 8.31. The predicted octanol–water partition coefficient (Wildman–Crippen LogP) is 7.35. The van der Waals surface area contributed by atoms with Crippen LogP contribution in [0.5, 0.6) is 0 Å². The fourth-order valence-corrected chi connectivity index (χ4v) is 6.94. The van der Waals surface area contributed by atoms with Crippen LogP contribution in [0.3, 0.4) is 0 Å². The van der Waals surface area contributed by atoms with E-state index in [9.17, 15) is 0 Å². The van der Waals surface area contributed by atoms with Crippen molar-refractivity contribution < 1.29 is 0 Å². The number of fused-ring (bicyclic) bond motifs is 11. The highest BCUT2D eigenvalue weighted by Crippen LogP contribution is 2.47. The summed E-state index contributed by atoms with van der Waals surface area (Å²) in [6, 6.07) is 22.9. The van der Waals surface area contributed by atoms with E-state index in [1.165, 1.54) is 76.5 Å². The first-order chi connectivity index (χ1) is 16.6. The second kappa shape index (κ2) is 6.93. The minimum absolute atomic E-state index is 1.03. The zero-order valence-corrected chi connectivity index (χ0v) is 20.3. The van der Waals surface area contributed by atoms with Gasteiger partial charge in [0.1, 0.15) is 0 Å². The molecule has 0 aromatic heterocycles. The Balaban J connectivity index is 1.63. The van der Waals surface area contributed by atoms with Crippen molar-refractivity contribution in [1.82, 2.24) is 0 Å². The summed E-state index contributed by atoms with van der Waals surface area (Å²) in [5.41, 5.74) is 14.7. The van der Waals surface area contributed by atoms with E-state index in [2.05, 4.69) is 101 Å². The summed E-state index contributed by atoms with van der Waals surface area (Å²) < 4.78 is 0. The van der Waals surface area contributed by atoms with Crippen molar-refractivity contribution in [2.24, 2.45) is 0 Å². The summed E-state index contributed by atoms with van der Waals surface area (Å²) in [5.74, 6) is 0. The molecule has 0 saturated heterocycles. The molecule has 0 saturated carbocycles. The minimum atomic E-state index is 1.03. The van der Waals surface area contributed by atoms with Crippen LogP contribution in [0.15, 0.2) is 60.7 Å². The third-order valence-electron chi connectivity index (χ3n) is 8.31. The molecule has 0 unspecified atom stereocenters. The van der Waals surface area contributed by atoms with Crippen LogP contribution in [-0.4, -0.2) is 0 Å². The predicted molar refractivity (Wildman–Crippen MR) is 147 cm³/mol. The van der Waals surface area contributed by atoms with Crippen molar-refractivity contribution >= 4 is 33.7 Å². The molecule has 164 valence electrons. The van der Waals surface area contributed by atoms with Crippen LogP contribution in [0, 0.1) is 13.8 Å². The summed E-state index contributed by atoms with van der Waals surface area (Å²) in [5, 5.41) is 8.43. The lowest BCUT2D eigenvalue weighted by Gasteiger charge is -2.14. The SMILES string of the molecule is CC=c1c2c(c3c(c1=CC)-c1cc(C)c4c(ccc5cccc(C)c54)c1C3)Cc1ccccc1-2. The Morgan fingerprint density at radius 3 is 2.15 bits per heavy atom. The van der Waals surface area contributed by atoms with Crippen LogP contribution in [0.1, 0.15) is 47.2 Å². The summed E-state index contributed by atoms with van der Waals surface area (Å²) in [7, 11) is 0. The Hall–Kier alpha value is -3.64. The summed E-state index contributed by atoms with van der Waals surface area (Å²) in [6.07, 6.45) is 6.75. The highest BCUT2D eigenvalue weighted by molar-refractivity contribution is 6.14. The molecule has 5 aromatic rings. The standard InChI is InChI=1S/C34H28/c1-5-23-24(6-2)34-28-16-20(4)32-26(15-14-21-12-9-10-19(3)31(21)32)27(28)18-30(34)29-17-22-11-7-8-13-25(22)33(23)29/h5-16H,17-18H2,1-4H3. The van der Waals surface area contributed by atoms with E-state index >= 15 is 0 Å². The van der Waals surface area contributed by atoms with Gasteiger partial charge in [-0.1, -0.05) is 72.8 Å². The maximum Gasteiger partial charge on any atom is -0.000397 e. The van der Waals surface area contributed by atoms with Crippen molar-refractivity contribution in [1.29, 1.82) is 0 Å². The highest BCUT2D eigenvalue weighted by Gasteiger charge is 2.31. The Labute approximate surface area is 200 Å². The van der Waals surface area contributed by atoms with Gasteiger partial charge < -0.3 is 0 Å². The smallest absolute Gasteiger partial charge is 0.000397 e. The van der Waals surface area contributed by atoms with Gasteiger partial charge in [0, 0.05) is 0 Å². The number of rotatable bonds is 0. The Kier molecular flexibility index (Phi) is 4.04. The molecule has 0 heterocycles. The van der Waals surface area contributed by atoms with Gasteiger partial charge in [0.15, 0.2) is 0 Å². The molecule has 0 nitrogen and oxygen atoms in total. The van der Waals surface area contributed by atoms with Gasteiger partial charge >= 0.3 is 0 Å². The van der Waals surface area contributed by atoms with Crippen molar-refractivity contribution in [3.63, 3.8) is 0 Å². The molecular formula is C34H28. The van der Waals surface area contributed by atoms with Crippen molar-refractivity contribution in [3.8, 4) is 22.3 Å². The van der Waals surface area contributed by atoms with Gasteiger partial charge in [-0.2, -0.15) is 0 Å². The minimum Gasteiger partial charge on any atom is -0.0791 e. The monoisotopic (exact) mass is 436 g/mol. The first kappa shape index (κ1) is 19.8. The van der Waals surface area contributed by atoms with Gasteiger partial charge in [-0.25, -0.2) is 0 Å². The summed E-state index contributed by atoms with van der Waals surface area (Å²) >= 11 is 0. The molecule has 34 heavy (non-hydrogen) atoms. The molecular weight excluding hydrogens is 408 g/mol. The second-order valence-electron chi connectivity index (χ2n) is 10.0. The molecule has 2 aliphatic rings. The van der Waals surface area contributed by atoms with Crippen molar-refractivity contribution in [2.75, 3.05) is 0 Å². The number of aryl methyl sites for hydroxylation is 2. The van der Waals surface area contributed by atoms with E-state index in [-0.39, 0.29) is 0 Å². The van der Waals surface area contributed by atoms with Crippen molar-refractivity contribution in [3.05, 3.63) is 104 Å². The number of hydrogen-bond donors (Lipinski definition) is 0. The van der Waals surface area contributed by atoms with Crippen LogP contribution in [0.25, 0.3) is 56.0 Å². The normalized spacial score (nSPS) is 14.6. The molecule has 2 aliphatic carbocycles. The molecule has 0 fully saturated rings. The highest BCUT2D eigenvalue weighted by atomic mass is 14.3. The topological polar surface area (TPSA) is 0 Å². The fraction of sp³-hybridized carbons (Fsp3) is 0.176. The average molecular weight is 437 g/mol. The van der Waals surface area contributed by atoms with Gasteiger partial charge in [-0.05, 0) is 128 Å². The van der Waals surface area contributed by atoms with Crippen LogP contribution >= 0.6 is 0 Å². The summed E-state index contributed by atoms with van der Waals surface area (Å²) in [4.78, 5) is 0. The quantitative estimate of drug-likeness (QED) is 0.218. The Bertz CT molecular complexity index is 1830. The lowest BCUT2D eigenvalue weighted by Crippen LogP contribution is -2.30. The molecule has 0 bridgehead atoms. The third kappa shape index (κ3) is 2.38. The van der Waals surface area contributed by atoms with E-state index in [1.54, 1.807) is 11.1 Å². The van der Waals surface area contributed by atoms with Gasteiger partial charge in [-0.3, -0.25) is 0 Å². The molecule has 0 amide bonds. The van der Waals surface area contributed by atoms with E-state index in [0.717, 1.165) is 12.8 Å². The lowest BCUT2D eigenvalue weighted by molar-refractivity contribution is 1.16. The van der Waals surface area contributed by atoms with Gasteiger partial charge in [-0.15, -0.1) is 0 Å². The molecule has 0 heteroatoms. The molecule has 5 aromatic carbocycles. The average Bonchev–Trinajstić information content (AvgIpc) is 3.42. The van der Waals surface area contributed by atoms with Crippen molar-refractivity contribution in [2.45, 2.75) is 40.5 Å². The largest absolute Gasteiger partial charge is 0.0791 e. The lowest BCUT2D eigenvalue weighted by atomic mass is 9.89. The van der Waals surface area contributed by atoms with E-state index in [1.807, 2.05) is 0 Å². The second-order valence-corrected chi connectivity index (χ2v) is 10.0. The van der Waals surface area contributed by atoms with Crippen LogP contribution in [-0.2, 0) is 12.8 Å². The Morgan fingerprint density at radius 2 is 1.35 bits per heavy atom. The molecule has 0 atom stereocenters. The maximum atomic E-state index is 2.48. The first-order valence-electron chi connectivity index (χ1n) is 12.5. The zero-order valence-electron chi connectivity index (χ0n) is 20.3. The van der Waals surface area contributed by atoms with E-state index < -0.39 is 0 Å². The zero-order chi connectivity index (χ0) is 23.1. The van der Waals surface area contributed by atoms with Crippen LogP contribution < -0.4 is 10.4 Å². The van der Waals surface area contributed by atoms with Gasteiger partial charge in [0.05, 0.1) is 0 Å². The Morgan fingerprint density at radius 1 is 0.618 bits per heavy atom. The first-order valence-corrected chi connectivity index (χ1v) is 12.5.